The van der Waals surface area contributed by atoms with Gasteiger partial charge in [-0.3, -0.25) is 15.0 Å². The molecule has 0 spiro atoms. The van der Waals surface area contributed by atoms with Gasteiger partial charge in [0.05, 0.1) is 9.26 Å². The average Bonchev–Trinajstić information content (AvgIpc) is 2.62. The maximum absolute atomic E-state index is 13.6. The van der Waals surface area contributed by atoms with Crippen LogP contribution in [0.5, 0.6) is 0 Å². The van der Waals surface area contributed by atoms with E-state index in [4.69, 9.17) is 0 Å². The van der Waals surface area contributed by atoms with E-state index in [2.05, 4.69) is 15.7 Å². The van der Waals surface area contributed by atoms with Crippen LogP contribution < -0.4 is 15.8 Å². The van der Waals surface area contributed by atoms with Gasteiger partial charge in [-0.15, -0.1) is 0 Å². The first-order valence-corrected chi connectivity index (χ1v) is 8.64. The average molecular weight is 470 g/mol. The molecule has 0 aliphatic carbocycles. The zero-order chi connectivity index (χ0) is 18.8. The molecule has 0 saturated carbocycles. The Labute approximate surface area is 161 Å². The number of carbonyl (C=O) groups excluding carboxylic acids is 2. The van der Waals surface area contributed by atoms with Crippen LogP contribution in [0.1, 0.15) is 6.92 Å². The third kappa shape index (κ3) is 3.66. The quantitative estimate of drug-likeness (QED) is 0.536. The molecule has 3 rings (SSSR count). The van der Waals surface area contributed by atoms with Crippen LogP contribution in [0.4, 0.5) is 20.2 Å². The molecule has 1 aliphatic rings. The van der Waals surface area contributed by atoms with Gasteiger partial charge < -0.3 is 5.32 Å². The van der Waals surface area contributed by atoms with Crippen molar-refractivity contribution in [1.29, 1.82) is 0 Å². The molecule has 0 radical (unpaired) electrons. The summed E-state index contributed by atoms with van der Waals surface area (Å²) in [7, 11) is 0. The highest BCUT2D eigenvalue weighted by Crippen LogP contribution is 2.21. The Morgan fingerprint density at radius 2 is 1.85 bits per heavy atom. The molecule has 0 fully saturated rings. The third-order valence-electron chi connectivity index (χ3n) is 3.59. The van der Waals surface area contributed by atoms with Gasteiger partial charge >= 0.3 is 0 Å². The first-order chi connectivity index (χ1) is 12.4. The Morgan fingerprint density at radius 3 is 2.46 bits per heavy atom. The minimum atomic E-state index is -0.789. The summed E-state index contributed by atoms with van der Waals surface area (Å²) in [5.74, 6) is -2.76. The Balaban J connectivity index is 1.83. The molecule has 0 saturated heterocycles. The second-order valence-electron chi connectivity index (χ2n) is 5.48. The lowest BCUT2D eigenvalue weighted by Crippen LogP contribution is -2.57. The molecule has 134 valence electrons. The van der Waals surface area contributed by atoms with E-state index in [9.17, 15) is 18.4 Å². The number of nitrogens with one attached hydrogen (secondary N) is 2. The molecule has 1 atom stereocenters. The van der Waals surface area contributed by atoms with Crippen LogP contribution in [-0.4, -0.2) is 23.7 Å². The first kappa shape index (κ1) is 18.2. The van der Waals surface area contributed by atoms with Crippen LogP contribution in [0, 0.1) is 15.2 Å². The number of para-hydroxylation sites is 1. The number of anilines is 2. The molecule has 1 aliphatic heterocycles. The summed E-state index contributed by atoms with van der Waals surface area (Å²) in [6, 6.07) is 9.91. The summed E-state index contributed by atoms with van der Waals surface area (Å²) < 4.78 is 27.1. The van der Waals surface area contributed by atoms with Crippen molar-refractivity contribution in [2.45, 2.75) is 13.0 Å². The molecule has 2 amide bonds. The maximum Gasteiger partial charge on any atom is 0.292 e. The summed E-state index contributed by atoms with van der Waals surface area (Å²) >= 11 is 1.53. The standard InChI is InChI=1S/C17H13F2IN4O2/c1-9-17(26)24(11-5-3-2-4-6-11)23-15(21-9)16(25)22-10-7-12(18)14(20)13(19)8-10/h2-9H,1H3,(H,21,23)(H,22,25)/t9-/m1/s1. The van der Waals surface area contributed by atoms with Crippen molar-refractivity contribution in [1.82, 2.24) is 5.43 Å². The van der Waals surface area contributed by atoms with Gasteiger partial charge in [-0.1, -0.05) is 18.2 Å². The molecule has 2 aromatic rings. The van der Waals surface area contributed by atoms with Crippen LogP contribution in [0.3, 0.4) is 0 Å². The number of amides is 2. The van der Waals surface area contributed by atoms with Crippen LogP contribution in [-0.2, 0) is 9.59 Å². The summed E-state index contributed by atoms with van der Waals surface area (Å²) in [5, 5.41) is 3.58. The molecule has 0 aromatic heterocycles. The zero-order valence-corrected chi connectivity index (χ0v) is 15.6. The van der Waals surface area contributed by atoms with E-state index >= 15 is 0 Å². The van der Waals surface area contributed by atoms with Gasteiger partial charge in [0.25, 0.3) is 11.8 Å². The second-order valence-corrected chi connectivity index (χ2v) is 6.56. The molecular weight excluding hydrogens is 457 g/mol. The number of amidine groups is 1. The molecule has 0 unspecified atom stereocenters. The van der Waals surface area contributed by atoms with E-state index in [1.165, 1.54) is 27.6 Å². The minimum Gasteiger partial charge on any atom is -0.319 e. The number of hydrogen-bond donors (Lipinski definition) is 2. The third-order valence-corrected chi connectivity index (χ3v) is 4.62. The highest BCUT2D eigenvalue weighted by molar-refractivity contribution is 14.1. The van der Waals surface area contributed by atoms with Gasteiger partial charge in [-0.05, 0) is 53.8 Å². The molecular formula is C17H13F2IN4O2. The number of benzene rings is 2. The maximum atomic E-state index is 13.6. The SMILES string of the molecule is C[C@H]1N=C(C(=O)Nc2cc(F)c(I)c(F)c2)NN(c2ccccc2)C1=O. The normalized spacial score (nSPS) is 16.8. The number of hydrogen-bond acceptors (Lipinski definition) is 4. The van der Waals surface area contributed by atoms with Crippen LogP contribution in [0.15, 0.2) is 47.5 Å². The van der Waals surface area contributed by atoms with Crippen molar-refractivity contribution in [3.05, 3.63) is 57.7 Å². The smallest absolute Gasteiger partial charge is 0.292 e. The van der Waals surface area contributed by atoms with Crippen LogP contribution >= 0.6 is 22.6 Å². The Kier molecular flexibility index (Phi) is 5.16. The van der Waals surface area contributed by atoms with Crippen molar-refractivity contribution in [3.63, 3.8) is 0 Å². The molecule has 6 nitrogen and oxygen atoms in total. The van der Waals surface area contributed by atoms with Gasteiger partial charge in [-0.25, -0.2) is 18.8 Å². The monoisotopic (exact) mass is 470 g/mol. The number of nitrogens with zero attached hydrogens (tertiary/aromatic N) is 2. The lowest BCUT2D eigenvalue weighted by Gasteiger charge is -2.30. The van der Waals surface area contributed by atoms with Crippen molar-refractivity contribution in [3.8, 4) is 0 Å². The zero-order valence-electron chi connectivity index (χ0n) is 13.5. The predicted octanol–water partition coefficient (Wildman–Crippen LogP) is 2.85. The fraction of sp³-hybridized carbons (Fsp3) is 0.118. The largest absolute Gasteiger partial charge is 0.319 e. The summed E-state index contributed by atoms with van der Waals surface area (Å²) in [5.41, 5.74) is 3.13. The second kappa shape index (κ2) is 7.36. The van der Waals surface area contributed by atoms with Crippen molar-refractivity contribution < 1.29 is 18.4 Å². The van der Waals surface area contributed by atoms with Crippen LogP contribution in [0.2, 0.25) is 0 Å². The molecule has 9 heteroatoms. The highest BCUT2D eigenvalue weighted by atomic mass is 127. The van der Waals surface area contributed by atoms with Gasteiger partial charge in [0.1, 0.15) is 17.7 Å². The summed E-state index contributed by atoms with van der Waals surface area (Å²) in [4.78, 5) is 28.7. The first-order valence-electron chi connectivity index (χ1n) is 7.56. The lowest BCUT2D eigenvalue weighted by atomic mass is 10.2. The number of halogens is 3. The van der Waals surface area contributed by atoms with Crippen LogP contribution in [0.25, 0.3) is 0 Å². The number of hydrazine groups is 1. The van der Waals surface area contributed by atoms with E-state index in [0.717, 1.165) is 12.1 Å². The lowest BCUT2D eigenvalue weighted by molar-refractivity contribution is -0.120. The van der Waals surface area contributed by atoms with E-state index in [1.54, 1.807) is 37.3 Å². The summed E-state index contributed by atoms with van der Waals surface area (Å²) in [6.07, 6.45) is 0. The fourth-order valence-corrected chi connectivity index (χ4v) is 2.63. The van der Waals surface area contributed by atoms with E-state index in [0.29, 0.717) is 5.69 Å². The van der Waals surface area contributed by atoms with Crippen molar-refractivity contribution in [2.75, 3.05) is 10.3 Å². The Bertz CT molecular complexity index is 882. The fourth-order valence-electron chi connectivity index (χ4n) is 2.32. The van der Waals surface area contributed by atoms with Crippen molar-refractivity contribution >= 4 is 51.6 Å². The molecule has 0 bridgehead atoms. The Morgan fingerprint density at radius 1 is 1.23 bits per heavy atom. The van der Waals surface area contributed by atoms with Gasteiger partial charge in [0.2, 0.25) is 5.84 Å². The predicted molar refractivity (Wildman–Crippen MR) is 102 cm³/mol. The molecule has 2 N–H and O–H groups in total. The number of carbonyl (C=O) groups is 2. The minimum absolute atomic E-state index is 0.0502. The van der Waals surface area contributed by atoms with E-state index in [-0.39, 0.29) is 21.0 Å². The molecule has 26 heavy (non-hydrogen) atoms. The molecule has 1 heterocycles. The van der Waals surface area contributed by atoms with Gasteiger partial charge in [-0.2, -0.15) is 0 Å². The van der Waals surface area contributed by atoms with E-state index < -0.39 is 23.6 Å². The van der Waals surface area contributed by atoms with Crippen molar-refractivity contribution in [2.24, 2.45) is 4.99 Å². The highest BCUT2D eigenvalue weighted by Gasteiger charge is 2.30. The topological polar surface area (TPSA) is 73.8 Å². The Hall–Kier alpha value is -2.56. The van der Waals surface area contributed by atoms with Gasteiger partial charge in [0, 0.05) is 5.69 Å². The molecule has 2 aromatic carbocycles. The number of aliphatic imine (C=N–C) groups is 1. The number of rotatable bonds is 3. The van der Waals surface area contributed by atoms with E-state index in [1.807, 2.05) is 0 Å². The van der Waals surface area contributed by atoms with Gasteiger partial charge in [0.15, 0.2) is 0 Å². The summed E-state index contributed by atoms with van der Waals surface area (Å²) in [6.45, 7) is 1.55.